The largest absolute Gasteiger partial charge is 0.493 e. The van der Waals surface area contributed by atoms with Crippen molar-refractivity contribution in [2.75, 3.05) is 27.8 Å². The van der Waals surface area contributed by atoms with Crippen molar-refractivity contribution < 1.29 is 19.1 Å². The van der Waals surface area contributed by atoms with Crippen molar-refractivity contribution in [1.29, 1.82) is 0 Å². The third-order valence-corrected chi connectivity index (χ3v) is 4.61. The van der Waals surface area contributed by atoms with Crippen molar-refractivity contribution >= 4 is 27.7 Å². The molecule has 0 spiro atoms. The lowest BCUT2D eigenvalue weighted by Crippen LogP contribution is -2.37. The first-order chi connectivity index (χ1) is 12.5. The molecular weight excluding hydrogens is 400 g/mol. The van der Waals surface area contributed by atoms with Gasteiger partial charge in [0.1, 0.15) is 0 Å². The molecule has 0 unspecified atom stereocenters. The lowest BCUT2D eigenvalue weighted by Gasteiger charge is -2.18. The number of methoxy groups -OCH3 is 2. The van der Waals surface area contributed by atoms with Crippen LogP contribution >= 0.6 is 15.9 Å². The summed E-state index contributed by atoms with van der Waals surface area (Å²) < 4.78 is 11.3. The fourth-order valence-corrected chi connectivity index (χ4v) is 2.75. The van der Waals surface area contributed by atoms with Crippen LogP contribution < -0.4 is 14.8 Å². The van der Waals surface area contributed by atoms with E-state index in [2.05, 4.69) is 21.2 Å². The van der Waals surface area contributed by atoms with E-state index < -0.39 is 0 Å². The van der Waals surface area contributed by atoms with Crippen LogP contribution in [-0.4, -0.2) is 44.5 Å². The predicted molar refractivity (Wildman–Crippen MR) is 102 cm³/mol. The van der Waals surface area contributed by atoms with Crippen molar-refractivity contribution in [2.24, 2.45) is 0 Å². The average Bonchev–Trinajstić information content (AvgIpc) is 2.66. The maximum Gasteiger partial charge on any atom is 0.251 e. The van der Waals surface area contributed by atoms with Gasteiger partial charge in [-0.15, -0.1) is 0 Å². The monoisotopic (exact) mass is 420 g/mol. The molecule has 0 aliphatic carbocycles. The molecule has 2 aromatic rings. The Balaban J connectivity index is 1.94. The Bertz CT molecular complexity index is 795. The summed E-state index contributed by atoms with van der Waals surface area (Å²) in [7, 11) is 4.72. The number of hydrogen-bond donors (Lipinski definition) is 1. The van der Waals surface area contributed by atoms with Gasteiger partial charge in [0.25, 0.3) is 5.91 Å². The summed E-state index contributed by atoms with van der Waals surface area (Å²) >= 11 is 3.46. The van der Waals surface area contributed by atoms with E-state index in [9.17, 15) is 9.59 Å². The summed E-state index contributed by atoms with van der Waals surface area (Å²) in [6.07, 6.45) is 0. The quantitative estimate of drug-likeness (QED) is 0.747. The van der Waals surface area contributed by atoms with Gasteiger partial charge < -0.3 is 19.7 Å². The number of nitrogens with zero attached hydrogens (tertiary/aromatic N) is 1. The zero-order chi connectivity index (χ0) is 19.1. The zero-order valence-corrected chi connectivity index (χ0v) is 16.5. The molecule has 138 valence electrons. The van der Waals surface area contributed by atoms with Gasteiger partial charge in [0.2, 0.25) is 5.91 Å². The second-order valence-electron chi connectivity index (χ2n) is 5.59. The molecule has 2 rings (SSSR count). The van der Waals surface area contributed by atoms with Crippen LogP contribution in [-0.2, 0) is 11.3 Å². The summed E-state index contributed by atoms with van der Waals surface area (Å²) in [5.41, 5.74) is 1.39. The molecule has 7 heteroatoms. The third kappa shape index (κ3) is 4.98. The summed E-state index contributed by atoms with van der Waals surface area (Å²) in [5, 5.41) is 2.63. The Hall–Kier alpha value is -2.54. The summed E-state index contributed by atoms with van der Waals surface area (Å²) in [6.45, 7) is 0.362. The molecule has 0 fully saturated rings. The first kappa shape index (κ1) is 19.8. The van der Waals surface area contributed by atoms with Crippen LogP contribution in [0.4, 0.5) is 0 Å². The Morgan fingerprint density at radius 1 is 1.08 bits per heavy atom. The van der Waals surface area contributed by atoms with Crippen LogP contribution in [0.3, 0.4) is 0 Å². The Kier molecular flexibility index (Phi) is 7.03. The van der Waals surface area contributed by atoms with Crippen LogP contribution in [0.1, 0.15) is 15.9 Å². The second-order valence-corrected chi connectivity index (χ2v) is 6.45. The second kappa shape index (κ2) is 9.24. The van der Waals surface area contributed by atoms with Gasteiger partial charge in [-0.3, -0.25) is 9.59 Å². The van der Waals surface area contributed by atoms with Gasteiger partial charge >= 0.3 is 0 Å². The SMILES string of the molecule is COc1ccc(C(=O)NCC(=O)N(C)Cc2ccccc2Br)cc1OC. The molecule has 2 aromatic carbocycles. The number of amides is 2. The van der Waals surface area contributed by atoms with Crippen molar-refractivity contribution in [3.63, 3.8) is 0 Å². The molecule has 6 nitrogen and oxygen atoms in total. The summed E-state index contributed by atoms with van der Waals surface area (Å²) in [5.74, 6) is 0.453. The van der Waals surface area contributed by atoms with Crippen LogP contribution in [0, 0.1) is 0 Å². The van der Waals surface area contributed by atoms with Crippen LogP contribution in [0.5, 0.6) is 11.5 Å². The first-order valence-corrected chi connectivity index (χ1v) is 8.73. The summed E-state index contributed by atoms with van der Waals surface area (Å²) in [6, 6.07) is 12.5. The fourth-order valence-electron chi connectivity index (χ4n) is 2.34. The number of ether oxygens (including phenoxy) is 2. The van der Waals surface area contributed by atoms with Crippen molar-refractivity contribution in [1.82, 2.24) is 10.2 Å². The number of rotatable bonds is 7. The lowest BCUT2D eigenvalue weighted by atomic mass is 10.2. The Morgan fingerprint density at radius 3 is 2.42 bits per heavy atom. The van der Waals surface area contributed by atoms with Gasteiger partial charge in [-0.25, -0.2) is 0 Å². The average molecular weight is 421 g/mol. The first-order valence-electron chi connectivity index (χ1n) is 7.94. The minimum Gasteiger partial charge on any atom is -0.493 e. The van der Waals surface area contributed by atoms with E-state index in [4.69, 9.17) is 9.47 Å². The number of carbonyl (C=O) groups is 2. The van der Waals surface area contributed by atoms with E-state index in [-0.39, 0.29) is 18.4 Å². The number of halogens is 1. The van der Waals surface area contributed by atoms with E-state index in [1.807, 2.05) is 24.3 Å². The van der Waals surface area contributed by atoms with Gasteiger partial charge in [-0.05, 0) is 29.8 Å². The van der Waals surface area contributed by atoms with Gasteiger partial charge in [-0.2, -0.15) is 0 Å². The van der Waals surface area contributed by atoms with Gasteiger partial charge in [0, 0.05) is 23.6 Å². The van der Waals surface area contributed by atoms with Crippen molar-refractivity contribution in [2.45, 2.75) is 6.54 Å². The van der Waals surface area contributed by atoms with Crippen LogP contribution in [0.25, 0.3) is 0 Å². The van der Waals surface area contributed by atoms with Gasteiger partial charge in [-0.1, -0.05) is 34.1 Å². The van der Waals surface area contributed by atoms with Crippen LogP contribution in [0.2, 0.25) is 0 Å². The molecule has 0 bridgehead atoms. The fraction of sp³-hybridized carbons (Fsp3) is 0.263. The predicted octanol–water partition coefficient (Wildman–Crippen LogP) is 2.85. The third-order valence-electron chi connectivity index (χ3n) is 3.84. The van der Waals surface area contributed by atoms with Gasteiger partial charge in [0.05, 0.1) is 20.8 Å². The van der Waals surface area contributed by atoms with Gasteiger partial charge in [0.15, 0.2) is 11.5 Å². The number of benzene rings is 2. The maximum absolute atomic E-state index is 12.3. The van der Waals surface area contributed by atoms with Crippen molar-refractivity contribution in [3.8, 4) is 11.5 Å². The molecule has 0 saturated heterocycles. The zero-order valence-electron chi connectivity index (χ0n) is 14.9. The number of carbonyl (C=O) groups excluding carboxylic acids is 2. The Labute approximate surface area is 161 Å². The molecule has 0 radical (unpaired) electrons. The molecule has 0 aliphatic rings. The molecule has 0 atom stereocenters. The molecule has 2 amide bonds. The molecule has 1 N–H and O–H groups in total. The highest BCUT2D eigenvalue weighted by atomic mass is 79.9. The van der Waals surface area contributed by atoms with E-state index in [1.54, 1.807) is 30.1 Å². The molecular formula is C19H21BrN2O4. The van der Waals surface area contributed by atoms with E-state index in [1.165, 1.54) is 14.2 Å². The van der Waals surface area contributed by atoms with Crippen molar-refractivity contribution in [3.05, 3.63) is 58.1 Å². The molecule has 26 heavy (non-hydrogen) atoms. The highest BCUT2D eigenvalue weighted by Crippen LogP contribution is 2.27. The minimum absolute atomic E-state index is 0.0892. The van der Waals surface area contributed by atoms with E-state index in [0.29, 0.717) is 23.6 Å². The summed E-state index contributed by atoms with van der Waals surface area (Å²) in [4.78, 5) is 26.1. The van der Waals surface area contributed by atoms with E-state index in [0.717, 1.165) is 10.0 Å². The Morgan fingerprint density at radius 2 is 1.77 bits per heavy atom. The molecule has 0 saturated carbocycles. The number of hydrogen-bond acceptors (Lipinski definition) is 4. The van der Waals surface area contributed by atoms with E-state index >= 15 is 0 Å². The smallest absolute Gasteiger partial charge is 0.251 e. The normalized spacial score (nSPS) is 10.2. The maximum atomic E-state index is 12.3. The topological polar surface area (TPSA) is 67.9 Å². The van der Waals surface area contributed by atoms with Crippen LogP contribution in [0.15, 0.2) is 46.9 Å². The standard InChI is InChI=1S/C19H21BrN2O4/c1-22(12-14-6-4-5-7-15(14)20)18(23)11-21-19(24)13-8-9-16(25-2)17(10-13)26-3/h4-10H,11-12H2,1-3H3,(H,21,24). The lowest BCUT2D eigenvalue weighted by molar-refractivity contribution is -0.129. The molecule has 0 heterocycles. The minimum atomic E-state index is -0.353. The number of likely N-dealkylation sites (N-methyl/N-ethyl adjacent to an activating group) is 1. The molecule has 0 aromatic heterocycles. The molecule has 0 aliphatic heterocycles. The highest BCUT2D eigenvalue weighted by molar-refractivity contribution is 9.10. The number of nitrogens with one attached hydrogen (secondary N) is 1. The highest BCUT2D eigenvalue weighted by Gasteiger charge is 2.14.